The Morgan fingerprint density at radius 1 is 1.36 bits per heavy atom. The van der Waals surface area contributed by atoms with Crippen molar-refractivity contribution in [2.45, 2.75) is 38.0 Å². The van der Waals surface area contributed by atoms with E-state index in [1.54, 1.807) is 10.9 Å². The topological polar surface area (TPSA) is 41.4 Å². The number of aryl methyl sites for hydroxylation is 1. The number of amides is 1. The highest BCUT2D eigenvalue weighted by molar-refractivity contribution is 8.00. The second kappa shape index (κ2) is 6.62. The van der Waals surface area contributed by atoms with Crippen LogP contribution in [0, 0.1) is 5.92 Å². The van der Waals surface area contributed by atoms with Crippen LogP contribution in [0.25, 0.3) is 0 Å². The Kier molecular flexibility index (Phi) is 4.78. The smallest absolute Gasteiger partial charge is 0.244 e. The molecule has 0 aromatic carbocycles. The van der Waals surface area contributed by atoms with Crippen molar-refractivity contribution >= 4 is 23.4 Å². The van der Waals surface area contributed by atoms with E-state index in [9.17, 15) is 4.79 Å². The van der Waals surface area contributed by atoms with Gasteiger partial charge in [0.25, 0.3) is 0 Å². The lowest BCUT2D eigenvalue weighted by Crippen LogP contribution is -2.56. The van der Waals surface area contributed by atoms with E-state index in [1.165, 1.54) is 0 Å². The lowest BCUT2D eigenvalue weighted by Gasteiger charge is -2.42. The summed E-state index contributed by atoms with van der Waals surface area (Å²) in [4.78, 5) is 17.3. The second-order valence-electron chi connectivity index (χ2n) is 6.67. The quantitative estimate of drug-likeness (QED) is 0.853. The van der Waals surface area contributed by atoms with Crippen molar-refractivity contribution in [3.8, 4) is 0 Å². The summed E-state index contributed by atoms with van der Waals surface area (Å²) in [5.74, 6) is 2.06. The monoisotopic (exact) mass is 322 g/mol. The molecule has 5 nitrogen and oxygen atoms in total. The molecular weight excluding hydrogens is 296 g/mol. The summed E-state index contributed by atoms with van der Waals surface area (Å²) in [6.45, 7) is 7.46. The van der Waals surface area contributed by atoms with Gasteiger partial charge in [-0.3, -0.25) is 14.4 Å². The first-order valence-electron chi connectivity index (χ1n) is 8.22. The number of anilines is 1. The van der Waals surface area contributed by atoms with Gasteiger partial charge >= 0.3 is 0 Å². The third kappa shape index (κ3) is 3.18. The average Bonchev–Trinajstić information content (AvgIpc) is 2.94. The maximum absolute atomic E-state index is 13.0. The van der Waals surface area contributed by atoms with Crippen LogP contribution in [0.3, 0.4) is 0 Å². The summed E-state index contributed by atoms with van der Waals surface area (Å²) in [5, 5.41) is 4.85. The van der Waals surface area contributed by atoms with Gasteiger partial charge in [-0.05, 0) is 18.8 Å². The number of nitrogens with zero attached hydrogens (tertiary/aromatic N) is 4. The molecule has 1 amide bonds. The number of aromatic nitrogens is 2. The molecular formula is C16H26N4OS. The lowest BCUT2D eigenvalue weighted by atomic mass is 10.0. The van der Waals surface area contributed by atoms with Gasteiger partial charge in [0.1, 0.15) is 0 Å². The van der Waals surface area contributed by atoms with Crippen molar-refractivity contribution < 1.29 is 4.79 Å². The molecule has 122 valence electrons. The van der Waals surface area contributed by atoms with E-state index in [0.717, 1.165) is 43.9 Å². The molecule has 0 N–H and O–H groups in total. The van der Waals surface area contributed by atoms with Crippen LogP contribution in [0.1, 0.15) is 26.7 Å². The van der Waals surface area contributed by atoms with Gasteiger partial charge in [-0.25, -0.2) is 0 Å². The van der Waals surface area contributed by atoms with E-state index in [2.05, 4.69) is 35.6 Å². The highest BCUT2D eigenvalue weighted by Crippen LogP contribution is 2.29. The number of carbonyl (C=O) groups excluding carboxylic acids is 1. The van der Waals surface area contributed by atoms with Gasteiger partial charge in [-0.1, -0.05) is 13.8 Å². The molecule has 22 heavy (non-hydrogen) atoms. The molecule has 0 spiro atoms. The Hall–Kier alpha value is -1.01. The van der Waals surface area contributed by atoms with Gasteiger partial charge in [-0.15, -0.1) is 0 Å². The normalized spacial score (nSPS) is 27.6. The van der Waals surface area contributed by atoms with Crippen LogP contribution >= 0.6 is 11.8 Å². The Morgan fingerprint density at radius 3 is 2.86 bits per heavy atom. The Bertz CT molecular complexity index is 530. The molecule has 0 saturated carbocycles. The van der Waals surface area contributed by atoms with E-state index >= 15 is 0 Å². The minimum absolute atomic E-state index is 0.0520. The van der Waals surface area contributed by atoms with Crippen molar-refractivity contribution in [3.63, 3.8) is 0 Å². The maximum atomic E-state index is 13.0. The van der Waals surface area contributed by atoms with Gasteiger partial charge < -0.3 is 4.90 Å². The van der Waals surface area contributed by atoms with E-state index in [0.29, 0.717) is 11.2 Å². The van der Waals surface area contributed by atoms with E-state index in [-0.39, 0.29) is 11.9 Å². The molecule has 0 unspecified atom stereocenters. The average molecular weight is 322 g/mol. The third-order valence-corrected chi connectivity index (χ3v) is 6.26. The Labute approximate surface area is 137 Å². The molecule has 2 fully saturated rings. The van der Waals surface area contributed by atoms with Crippen LogP contribution in [0.15, 0.2) is 12.4 Å². The third-order valence-electron chi connectivity index (χ3n) is 4.72. The van der Waals surface area contributed by atoms with Crippen LogP contribution in [0.2, 0.25) is 0 Å². The van der Waals surface area contributed by atoms with E-state index in [4.69, 9.17) is 0 Å². The molecule has 2 atom stereocenters. The summed E-state index contributed by atoms with van der Waals surface area (Å²) in [6, 6.07) is 0.0520. The molecule has 2 saturated heterocycles. The summed E-state index contributed by atoms with van der Waals surface area (Å²) in [6.07, 6.45) is 5.79. The predicted molar refractivity (Wildman–Crippen MR) is 91.2 cm³/mol. The highest BCUT2D eigenvalue weighted by atomic mass is 32.2. The first kappa shape index (κ1) is 15.9. The second-order valence-corrected chi connectivity index (χ2v) is 8.02. The molecule has 2 aliphatic rings. The lowest BCUT2D eigenvalue weighted by molar-refractivity contribution is -0.125. The van der Waals surface area contributed by atoms with Crippen molar-refractivity contribution in [2.24, 2.45) is 13.0 Å². The zero-order valence-corrected chi connectivity index (χ0v) is 14.6. The number of hydrogen-bond donors (Lipinski definition) is 0. The number of hydrogen-bond acceptors (Lipinski definition) is 4. The van der Waals surface area contributed by atoms with Crippen LogP contribution < -0.4 is 4.90 Å². The van der Waals surface area contributed by atoms with Gasteiger partial charge in [-0.2, -0.15) is 16.9 Å². The SMILES string of the molecule is CC(C)[C@H]1CN([C@H]2CCCN(c3cnn(C)c3)C2=O)CCS1. The molecule has 1 aromatic rings. The fraction of sp³-hybridized carbons (Fsp3) is 0.750. The minimum atomic E-state index is 0.0520. The molecule has 2 aliphatic heterocycles. The van der Waals surface area contributed by atoms with Gasteiger partial charge in [0.15, 0.2) is 0 Å². The molecule has 0 bridgehead atoms. The number of piperidine rings is 1. The van der Waals surface area contributed by atoms with Gasteiger partial charge in [0, 0.05) is 43.9 Å². The minimum Gasteiger partial charge on any atom is -0.308 e. The molecule has 0 radical (unpaired) electrons. The van der Waals surface area contributed by atoms with Crippen molar-refractivity contribution in [1.29, 1.82) is 0 Å². The van der Waals surface area contributed by atoms with Crippen LogP contribution in [-0.4, -0.2) is 57.3 Å². The maximum Gasteiger partial charge on any atom is 0.244 e. The number of thioether (sulfide) groups is 1. The van der Waals surface area contributed by atoms with Crippen molar-refractivity contribution in [2.75, 3.05) is 30.3 Å². The standard InChI is InChI=1S/C16H26N4OS/c1-12(2)15-11-19(7-8-22-15)14-5-4-6-20(16(14)21)13-9-17-18(3)10-13/h9-10,12,14-15H,4-8,11H2,1-3H3/t14-,15+/m0/s1. The van der Waals surface area contributed by atoms with Crippen LogP contribution in [0.4, 0.5) is 5.69 Å². The number of rotatable bonds is 3. The fourth-order valence-corrected chi connectivity index (χ4v) is 4.71. The van der Waals surface area contributed by atoms with Crippen molar-refractivity contribution in [3.05, 3.63) is 12.4 Å². The first-order chi connectivity index (χ1) is 10.6. The summed E-state index contributed by atoms with van der Waals surface area (Å²) in [7, 11) is 1.89. The Balaban J connectivity index is 1.72. The van der Waals surface area contributed by atoms with Gasteiger partial charge in [0.05, 0.1) is 17.9 Å². The highest BCUT2D eigenvalue weighted by Gasteiger charge is 2.37. The summed E-state index contributed by atoms with van der Waals surface area (Å²) < 4.78 is 1.76. The van der Waals surface area contributed by atoms with Crippen LogP contribution in [0.5, 0.6) is 0 Å². The van der Waals surface area contributed by atoms with Gasteiger partial charge in [0.2, 0.25) is 5.91 Å². The summed E-state index contributed by atoms with van der Waals surface area (Å²) in [5.41, 5.74) is 0.934. The summed E-state index contributed by atoms with van der Waals surface area (Å²) >= 11 is 2.06. The molecule has 3 rings (SSSR count). The first-order valence-corrected chi connectivity index (χ1v) is 9.27. The molecule has 1 aromatic heterocycles. The molecule has 6 heteroatoms. The number of carbonyl (C=O) groups is 1. The predicted octanol–water partition coefficient (Wildman–Crippen LogP) is 1.99. The van der Waals surface area contributed by atoms with E-state index < -0.39 is 0 Å². The zero-order chi connectivity index (χ0) is 15.7. The zero-order valence-electron chi connectivity index (χ0n) is 13.7. The van der Waals surface area contributed by atoms with Crippen molar-refractivity contribution in [1.82, 2.24) is 14.7 Å². The largest absolute Gasteiger partial charge is 0.308 e. The molecule has 3 heterocycles. The molecule has 0 aliphatic carbocycles. The fourth-order valence-electron chi connectivity index (χ4n) is 3.38. The Morgan fingerprint density at radius 2 is 2.18 bits per heavy atom. The van der Waals surface area contributed by atoms with E-state index in [1.807, 2.05) is 18.1 Å². The van der Waals surface area contributed by atoms with Crippen LogP contribution in [-0.2, 0) is 11.8 Å².